The number of carbonyl (C=O) groups excluding carboxylic acids is 1. The molecule has 18 heavy (non-hydrogen) atoms. The largest absolute Gasteiger partial charge is 0.322 e. The summed E-state index contributed by atoms with van der Waals surface area (Å²) in [5, 5.41) is 14.1. The van der Waals surface area contributed by atoms with Gasteiger partial charge in [-0.05, 0) is 41.6 Å². The standard InChI is InChI=1S/C11H11N5OS/c1-7(2)10(17)12-8-3-5-9(6-4-8)16-11(18)13-14-15-16/h3-6H,1H2,2H3,(H,12,17)(H,13,15,18). The van der Waals surface area contributed by atoms with E-state index in [0.29, 0.717) is 16.4 Å². The van der Waals surface area contributed by atoms with E-state index in [1.54, 1.807) is 31.2 Å². The van der Waals surface area contributed by atoms with Crippen LogP contribution in [0.3, 0.4) is 0 Å². The Balaban J connectivity index is 2.18. The van der Waals surface area contributed by atoms with Crippen molar-refractivity contribution in [1.29, 1.82) is 0 Å². The van der Waals surface area contributed by atoms with Crippen LogP contribution < -0.4 is 5.32 Å². The topological polar surface area (TPSA) is 72.7 Å². The summed E-state index contributed by atoms with van der Waals surface area (Å²) < 4.78 is 1.48. The number of tetrazole rings is 1. The Morgan fingerprint density at radius 1 is 1.39 bits per heavy atom. The molecule has 0 saturated carbocycles. The average molecular weight is 261 g/mol. The van der Waals surface area contributed by atoms with Crippen molar-refractivity contribution in [2.24, 2.45) is 0 Å². The Kier molecular flexibility index (Phi) is 3.42. The van der Waals surface area contributed by atoms with E-state index in [0.717, 1.165) is 5.69 Å². The smallest absolute Gasteiger partial charge is 0.250 e. The van der Waals surface area contributed by atoms with Crippen LogP contribution in [0.25, 0.3) is 5.69 Å². The third kappa shape index (κ3) is 2.57. The van der Waals surface area contributed by atoms with Gasteiger partial charge in [0.25, 0.3) is 5.91 Å². The van der Waals surface area contributed by atoms with Crippen LogP contribution in [0.15, 0.2) is 41.6 Å². The highest BCUT2D eigenvalue weighted by molar-refractivity contribution is 7.80. The van der Waals surface area contributed by atoms with E-state index < -0.39 is 0 Å². The van der Waals surface area contributed by atoms with Crippen molar-refractivity contribution in [3.05, 3.63) is 36.4 Å². The molecule has 0 aliphatic heterocycles. The van der Waals surface area contributed by atoms with Crippen LogP contribution in [-0.2, 0) is 4.79 Å². The lowest BCUT2D eigenvalue weighted by Gasteiger charge is -2.06. The molecular weight excluding hydrogens is 250 g/mol. The van der Waals surface area contributed by atoms with Crippen molar-refractivity contribution in [1.82, 2.24) is 20.2 Å². The van der Waals surface area contributed by atoms with Gasteiger partial charge in [0, 0.05) is 11.3 Å². The molecule has 0 spiro atoms. The van der Waals surface area contributed by atoms with Crippen molar-refractivity contribution >= 4 is 24.2 Å². The fraction of sp³-hybridized carbons (Fsp3) is 0.0909. The van der Waals surface area contributed by atoms with Crippen LogP contribution in [0.2, 0.25) is 0 Å². The highest BCUT2D eigenvalue weighted by Gasteiger charge is 2.05. The Morgan fingerprint density at radius 2 is 2.06 bits per heavy atom. The molecule has 0 radical (unpaired) electrons. The molecule has 0 aliphatic rings. The number of hydrogen-bond acceptors (Lipinski definition) is 5. The molecule has 0 aliphatic carbocycles. The zero-order valence-electron chi connectivity index (χ0n) is 9.66. The van der Waals surface area contributed by atoms with Gasteiger partial charge in [0.05, 0.1) is 5.69 Å². The second kappa shape index (κ2) is 5.01. The summed E-state index contributed by atoms with van der Waals surface area (Å²) in [4.78, 5) is 11.4. The lowest BCUT2D eigenvalue weighted by Crippen LogP contribution is -2.11. The van der Waals surface area contributed by atoms with E-state index in [1.807, 2.05) is 0 Å². The summed E-state index contributed by atoms with van der Waals surface area (Å²) in [6.07, 6.45) is 0. The maximum atomic E-state index is 11.4. The van der Waals surface area contributed by atoms with E-state index in [4.69, 9.17) is 0 Å². The summed E-state index contributed by atoms with van der Waals surface area (Å²) in [6, 6.07) is 7.07. The number of anilines is 1. The maximum absolute atomic E-state index is 11.4. The number of benzene rings is 1. The van der Waals surface area contributed by atoms with Crippen molar-refractivity contribution in [3.8, 4) is 5.69 Å². The molecule has 1 aromatic carbocycles. The summed E-state index contributed by atoms with van der Waals surface area (Å²) in [7, 11) is 0. The van der Waals surface area contributed by atoms with Gasteiger partial charge >= 0.3 is 0 Å². The number of rotatable bonds is 3. The monoisotopic (exact) mass is 261 g/mol. The van der Waals surface area contributed by atoms with Crippen LogP contribution in [-0.4, -0.2) is 26.1 Å². The van der Waals surface area contributed by atoms with Gasteiger partial charge in [0.1, 0.15) is 0 Å². The van der Waals surface area contributed by atoms with E-state index in [-0.39, 0.29) is 5.91 Å². The lowest BCUT2D eigenvalue weighted by molar-refractivity contribution is -0.112. The summed E-state index contributed by atoms with van der Waals surface area (Å²) in [5.41, 5.74) is 1.90. The van der Waals surface area contributed by atoms with Crippen LogP contribution in [0, 0.1) is 0 Å². The molecule has 1 aromatic heterocycles. The number of amides is 1. The fourth-order valence-electron chi connectivity index (χ4n) is 1.27. The van der Waals surface area contributed by atoms with Gasteiger partial charge in [-0.2, -0.15) is 4.68 Å². The maximum Gasteiger partial charge on any atom is 0.250 e. The van der Waals surface area contributed by atoms with Crippen LogP contribution in [0.1, 0.15) is 6.92 Å². The van der Waals surface area contributed by atoms with Gasteiger partial charge in [-0.25, -0.2) is 0 Å². The molecule has 0 bridgehead atoms. The quantitative estimate of drug-likeness (QED) is 0.648. The molecule has 7 heteroatoms. The summed E-state index contributed by atoms with van der Waals surface area (Å²) in [6.45, 7) is 5.22. The average Bonchev–Trinajstić information content (AvgIpc) is 2.76. The first-order valence-corrected chi connectivity index (χ1v) is 5.57. The SMILES string of the molecule is C=C(C)C(=O)Nc1ccc(-n2nnnc2S)cc1. The molecule has 0 saturated heterocycles. The number of thiol groups is 1. The minimum absolute atomic E-state index is 0.208. The van der Waals surface area contributed by atoms with E-state index in [9.17, 15) is 4.79 Å². The third-order valence-corrected chi connectivity index (χ3v) is 2.49. The van der Waals surface area contributed by atoms with Crippen molar-refractivity contribution in [2.75, 3.05) is 5.32 Å². The van der Waals surface area contributed by atoms with Gasteiger partial charge in [-0.3, -0.25) is 4.79 Å². The van der Waals surface area contributed by atoms with Gasteiger partial charge < -0.3 is 5.32 Å². The van der Waals surface area contributed by atoms with E-state index in [1.165, 1.54) is 4.68 Å². The number of carbonyl (C=O) groups is 1. The van der Waals surface area contributed by atoms with Gasteiger partial charge in [-0.1, -0.05) is 6.58 Å². The van der Waals surface area contributed by atoms with Gasteiger partial charge in [0.15, 0.2) is 0 Å². The summed E-state index contributed by atoms with van der Waals surface area (Å²) >= 11 is 4.11. The van der Waals surface area contributed by atoms with Crippen molar-refractivity contribution < 1.29 is 4.79 Å². The molecule has 92 valence electrons. The summed E-state index contributed by atoms with van der Waals surface area (Å²) in [5.74, 6) is -0.208. The Hall–Kier alpha value is -2.15. The number of nitrogens with zero attached hydrogens (tertiary/aromatic N) is 4. The van der Waals surface area contributed by atoms with E-state index >= 15 is 0 Å². The Labute approximate surface area is 109 Å². The lowest BCUT2D eigenvalue weighted by atomic mass is 10.2. The Bertz CT molecular complexity index is 590. The molecule has 2 aromatic rings. The van der Waals surface area contributed by atoms with Crippen LogP contribution in [0.4, 0.5) is 5.69 Å². The second-order valence-corrected chi connectivity index (χ2v) is 4.07. The minimum atomic E-state index is -0.208. The van der Waals surface area contributed by atoms with Crippen molar-refractivity contribution in [2.45, 2.75) is 12.1 Å². The van der Waals surface area contributed by atoms with Gasteiger partial charge in [0.2, 0.25) is 5.16 Å². The normalized spacial score (nSPS) is 10.1. The zero-order valence-corrected chi connectivity index (χ0v) is 10.6. The molecule has 0 fully saturated rings. The second-order valence-electron chi connectivity index (χ2n) is 3.67. The Morgan fingerprint density at radius 3 is 2.56 bits per heavy atom. The molecule has 1 heterocycles. The van der Waals surface area contributed by atoms with Crippen LogP contribution >= 0.6 is 12.6 Å². The minimum Gasteiger partial charge on any atom is -0.322 e. The van der Waals surface area contributed by atoms with Gasteiger partial charge in [-0.15, -0.1) is 17.7 Å². The first-order valence-electron chi connectivity index (χ1n) is 5.12. The van der Waals surface area contributed by atoms with Crippen LogP contribution in [0.5, 0.6) is 0 Å². The predicted octanol–water partition coefficient (Wildman–Crippen LogP) is 1.47. The number of aromatic nitrogens is 4. The number of hydrogen-bond donors (Lipinski definition) is 2. The third-order valence-electron chi connectivity index (χ3n) is 2.21. The first kappa shape index (κ1) is 12.3. The molecule has 1 N–H and O–H groups in total. The molecule has 1 amide bonds. The molecule has 0 unspecified atom stereocenters. The molecule has 0 atom stereocenters. The number of nitrogens with one attached hydrogen (secondary N) is 1. The van der Waals surface area contributed by atoms with Crippen molar-refractivity contribution in [3.63, 3.8) is 0 Å². The highest BCUT2D eigenvalue weighted by Crippen LogP contribution is 2.15. The first-order chi connectivity index (χ1) is 8.58. The fourth-order valence-corrected chi connectivity index (χ4v) is 1.47. The predicted molar refractivity (Wildman–Crippen MR) is 69.8 cm³/mol. The molecular formula is C11H11N5OS. The molecule has 6 nitrogen and oxygen atoms in total. The zero-order chi connectivity index (χ0) is 13.1. The highest BCUT2D eigenvalue weighted by atomic mass is 32.1. The molecule has 2 rings (SSSR count). The van der Waals surface area contributed by atoms with E-state index in [2.05, 4.69) is 40.0 Å².